The maximum absolute atomic E-state index is 13.3. The highest BCUT2D eigenvalue weighted by Gasteiger charge is 2.28. The summed E-state index contributed by atoms with van der Waals surface area (Å²) in [5.74, 6) is 1.29. The fraction of sp³-hybridized carbons (Fsp3) is 0.625. The molecule has 0 spiro atoms. The molecule has 1 unspecified atom stereocenters. The highest BCUT2D eigenvalue weighted by Crippen LogP contribution is 2.26. The van der Waals surface area contributed by atoms with Gasteiger partial charge >= 0.3 is 0 Å². The predicted octanol–water partition coefficient (Wildman–Crippen LogP) is 4.56. The third-order valence-corrected chi connectivity index (χ3v) is 5.48. The van der Waals surface area contributed by atoms with Gasteiger partial charge in [0.25, 0.3) is 5.56 Å². The third kappa shape index (κ3) is 5.91. The van der Waals surface area contributed by atoms with E-state index in [-0.39, 0.29) is 17.5 Å². The van der Waals surface area contributed by atoms with E-state index in [0.717, 1.165) is 19.3 Å². The number of rotatable bonds is 12. The summed E-state index contributed by atoms with van der Waals surface area (Å²) in [6, 6.07) is 7.18. The van der Waals surface area contributed by atoms with Crippen LogP contribution in [0.25, 0.3) is 10.9 Å². The number of carbonyl (C=O) groups is 1. The van der Waals surface area contributed by atoms with Crippen LogP contribution in [-0.4, -0.2) is 40.6 Å². The molecule has 0 radical (unpaired) electrons. The number of methoxy groups -OCH3 is 1. The van der Waals surface area contributed by atoms with E-state index in [1.165, 1.54) is 0 Å². The third-order valence-electron chi connectivity index (χ3n) is 5.48. The van der Waals surface area contributed by atoms with Gasteiger partial charge in [-0.25, -0.2) is 4.98 Å². The normalized spacial score (nSPS) is 12.5. The van der Waals surface area contributed by atoms with Crippen molar-refractivity contribution in [2.45, 2.75) is 72.4 Å². The summed E-state index contributed by atoms with van der Waals surface area (Å²) in [6.07, 6.45) is 4.00. The summed E-state index contributed by atoms with van der Waals surface area (Å²) < 4.78 is 6.96. The van der Waals surface area contributed by atoms with Crippen LogP contribution in [-0.2, 0) is 16.1 Å². The van der Waals surface area contributed by atoms with Gasteiger partial charge in [0, 0.05) is 20.1 Å². The Morgan fingerprint density at radius 3 is 2.60 bits per heavy atom. The molecule has 6 nitrogen and oxygen atoms in total. The molecule has 0 bridgehead atoms. The van der Waals surface area contributed by atoms with Crippen molar-refractivity contribution in [1.82, 2.24) is 14.5 Å². The molecule has 0 saturated carbocycles. The number of fused-ring (bicyclic) bond motifs is 1. The monoisotopic (exact) mass is 415 g/mol. The lowest BCUT2D eigenvalue weighted by atomic mass is 10.1. The Bertz CT molecular complexity index is 876. The molecule has 166 valence electrons. The van der Waals surface area contributed by atoms with E-state index >= 15 is 0 Å². The Kier molecular flexibility index (Phi) is 9.50. The van der Waals surface area contributed by atoms with Crippen molar-refractivity contribution in [2.75, 3.05) is 20.3 Å². The van der Waals surface area contributed by atoms with Gasteiger partial charge in [-0.3, -0.25) is 14.2 Å². The molecule has 1 aromatic carbocycles. The maximum Gasteiger partial charge on any atom is 0.261 e. The average Bonchev–Trinajstić information content (AvgIpc) is 2.74. The first-order valence-corrected chi connectivity index (χ1v) is 11.2. The van der Waals surface area contributed by atoms with E-state index in [1.54, 1.807) is 11.7 Å². The zero-order valence-electron chi connectivity index (χ0n) is 19.2. The van der Waals surface area contributed by atoms with Crippen LogP contribution in [0.15, 0.2) is 29.1 Å². The van der Waals surface area contributed by atoms with E-state index in [2.05, 4.69) is 27.7 Å². The fourth-order valence-corrected chi connectivity index (χ4v) is 3.70. The topological polar surface area (TPSA) is 64.4 Å². The average molecular weight is 416 g/mol. The van der Waals surface area contributed by atoms with Gasteiger partial charge in [0.1, 0.15) is 5.82 Å². The van der Waals surface area contributed by atoms with Crippen LogP contribution < -0.4 is 5.56 Å². The lowest BCUT2D eigenvalue weighted by Crippen LogP contribution is -2.40. The van der Waals surface area contributed by atoms with E-state index in [1.807, 2.05) is 29.2 Å². The van der Waals surface area contributed by atoms with Crippen LogP contribution in [0.4, 0.5) is 0 Å². The summed E-state index contributed by atoms with van der Waals surface area (Å²) in [7, 11) is 1.62. The molecule has 1 heterocycles. The van der Waals surface area contributed by atoms with E-state index in [0.29, 0.717) is 55.2 Å². The quantitative estimate of drug-likeness (QED) is 0.510. The fourth-order valence-electron chi connectivity index (χ4n) is 3.70. The molecule has 0 N–H and O–H groups in total. The molecule has 0 saturated heterocycles. The molecule has 1 aromatic heterocycles. The predicted molar refractivity (Wildman–Crippen MR) is 122 cm³/mol. The van der Waals surface area contributed by atoms with Gasteiger partial charge in [-0.1, -0.05) is 46.2 Å². The number of aromatic nitrogens is 2. The second-order valence-electron chi connectivity index (χ2n) is 8.23. The molecule has 6 heteroatoms. The van der Waals surface area contributed by atoms with Crippen molar-refractivity contribution < 1.29 is 9.53 Å². The van der Waals surface area contributed by atoms with Crippen molar-refractivity contribution in [3.05, 3.63) is 40.4 Å². The molecular weight excluding hydrogens is 378 g/mol. The van der Waals surface area contributed by atoms with Gasteiger partial charge in [0.05, 0.1) is 30.1 Å². The standard InChI is InChI=1S/C24H37N3O3/c1-6-8-13-22(28)26(15-14-18(3)4)21(7-2)23-25-20-12-10-9-11-19(20)24(29)27(23)16-17-30-5/h9-12,18,21H,6-8,13-17H2,1-5H3. The molecule has 0 aliphatic carbocycles. The van der Waals surface area contributed by atoms with Crippen LogP contribution >= 0.6 is 0 Å². The molecule has 30 heavy (non-hydrogen) atoms. The number of carbonyl (C=O) groups excluding carboxylic acids is 1. The number of nitrogens with zero attached hydrogens (tertiary/aromatic N) is 3. The number of ether oxygens (including phenoxy) is 1. The van der Waals surface area contributed by atoms with Crippen LogP contribution in [0.3, 0.4) is 0 Å². The van der Waals surface area contributed by atoms with Crippen molar-refractivity contribution in [1.29, 1.82) is 0 Å². The zero-order valence-corrected chi connectivity index (χ0v) is 19.2. The van der Waals surface area contributed by atoms with E-state index in [9.17, 15) is 9.59 Å². The number of benzene rings is 1. The summed E-state index contributed by atoms with van der Waals surface area (Å²) >= 11 is 0. The van der Waals surface area contributed by atoms with E-state index < -0.39 is 0 Å². The molecule has 1 amide bonds. The lowest BCUT2D eigenvalue weighted by Gasteiger charge is -2.33. The molecule has 0 fully saturated rings. The Hall–Kier alpha value is -2.21. The molecule has 2 rings (SSSR count). The van der Waals surface area contributed by atoms with Gasteiger partial charge < -0.3 is 9.64 Å². The smallest absolute Gasteiger partial charge is 0.261 e. The number of hydrogen-bond acceptors (Lipinski definition) is 4. The maximum atomic E-state index is 13.3. The molecule has 1 atom stereocenters. The number of amides is 1. The Morgan fingerprint density at radius 1 is 1.23 bits per heavy atom. The Morgan fingerprint density at radius 2 is 1.97 bits per heavy atom. The molecule has 0 aliphatic heterocycles. The van der Waals surface area contributed by atoms with Gasteiger partial charge in [-0.15, -0.1) is 0 Å². The van der Waals surface area contributed by atoms with Gasteiger partial charge in [-0.05, 0) is 37.3 Å². The van der Waals surface area contributed by atoms with Crippen molar-refractivity contribution in [2.24, 2.45) is 5.92 Å². The highest BCUT2D eigenvalue weighted by molar-refractivity contribution is 5.78. The Labute approximate surface area is 180 Å². The van der Waals surface area contributed by atoms with Crippen LogP contribution in [0.5, 0.6) is 0 Å². The van der Waals surface area contributed by atoms with Gasteiger partial charge in [-0.2, -0.15) is 0 Å². The van der Waals surface area contributed by atoms with Crippen LogP contribution in [0, 0.1) is 5.92 Å². The molecule has 0 aliphatic rings. The summed E-state index contributed by atoms with van der Waals surface area (Å²) in [4.78, 5) is 33.3. The van der Waals surface area contributed by atoms with Crippen molar-refractivity contribution >= 4 is 16.8 Å². The van der Waals surface area contributed by atoms with Crippen molar-refractivity contribution in [3.63, 3.8) is 0 Å². The van der Waals surface area contributed by atoms with Crippen LogP contribution in [0.1, 0.15) is 71.7 Å². The minimum absolute atomic E-state index is 0.0732. The molecule has 2 aromatic rings. The number of hydrogen-bond donors (Lipinski definition) is 0. The van der Waals surface area contributed by atoms with E-state index in [4.69, 9.17) is 9.72 Å². The largest absolute Gasteiger partial charge is 0.383 e. The second-order valence-corrected chi connectivity index (χ2v) is 8.23. The SMILES string of the molecule is CCCCC(=O)N(CCC(C)C)C(CC)c1nc2ccccc2c(=O)n1CCOC. The zero-order chi connectivity index (χ0) is 22.1. The minimum atomic E-state index is -0.234. The summed E-state index contributed by atoms with van der Waals surface area (Å²) in [5.41, 5.74) is 0.602. The summed E-state index contributed by atoms with van der Waals surface area (Å²) in [6.45, 7) is 9.99. The first kappa shape index (κ1) is 24.1. The van der Waals surface area contributed by atoms with Gasteiger partial charge in [0.15, 0.2) is 0 Å². The van der Waals surface area contributed by atoms with Gasteiger partial charge in [0.2, 0.25) is 5.91 Å². The first-order chi connectivity index (χ1) is 14.4. The second kappa shape index (κ2) is 11.8. The molecular formula is C24H37N3O3. The summed E-state index contributed by atoms with van der Waals surface area (Å²) in [5, 5.41) is 0.596. The minimum Gasteiger partial charge on any atom is -0.383 e. The lowest BCUT2D eigenvalue weighted by molar-refractivity contribution is -0.134. The number of unbranched alkanes of at least 4 members (excludes halogenated alkanes) is 1. The van der Waals surface area contributed by atoms with Crippen LogP contribution in [0.2, 0.25) is 0 Å². The van der Waals surface area contributed by atoms with Crippen molar-refractivity contribution in [3.8, 4) is 0 Å². The highest BCUT2D eigenvalue weighted by atomic mass is 16.5. The number of para-hydroxylation sites is 1. The Balaban J connectivity index is 2.57. The first-order valence-electron chi connectivity index (χ1n) is 11.2.